The van der Waals surface area contributed by atoms with Gasteiger partial charge in [0, 0.05) is 12.0 Å². The largest absolute Gasteiger partial charge is 0.573 e. The van der Waals surface area contributed by atoms with Gasteiger partial charge in [0.2, 0.25) is 0 Å². The molecule has 1 amide bonds. The number of aliphatic hydroxyl groups excluding tert-OH is 1. The number of amides is 1. The Morgan fingerprint density at radius 1 is 0.896 bits per heavy atom. The Bertz CT molecular complexity index is 1770. The Morgan fingerprint density at radius 2 is 1.60 bits per heavy atom. The molecule has 3 aromatic rings. The number of hydrogen-bond donors (Lipinski definition) is 2. The summed E-state index contributed by atoms with van der Waals surface area (Å²) < 4.78 is 48.3. The van der Waals surface area contributed by atoms with E-state index < -0.39 is 23.5 Å². The van der Waals surface area contributed by atoms with Crippen LogP contribution in [0.3, 0.4) is 0 Å². The van der Waals surface area contributed by atoms with Gasteiger partial charge in [0.1, 0.15) is 11.5 Å². The quantitative estimate of drug-likeness (QED) is 0.276. The maximum absolute atomic E-state index is 13.9. The van der Waals surface area contributed by atoms with Gasteiger partial charge in [0.15, 0.2) is 0 Å². The Morgan fingerprint density at radius 3 is 2.35 bits per heavy atom. The molecule has 3 saturated carbocycles. The third-order valence-corrected chi connectivity index (χ3v) is 12.0. The lowest BCUT2D eigenvalue weighted by Gasteiger charge is -2.56. The molecule has 0 aromatic heterocycles. The normalized spacial score (nSPS) is 31.2. The number of allylic oxidation sites excluding steroid dienone is 3. The Hall–Kier alpha value is -3.82. The highest BCUT2D eigenvalue weighted by Gasteiger charge is 2.62. The van der Waals surface area contributed by atoms with Gasteiger partial charge in [-0.1, -0.05) is 79.6 Å². The highest BCUT2D eigenvalue weighted by molar-refractivity contribution is 5.84. The molecular weight excluding hydrogens is 619 g/mol. The van der Waals surface area contributed by atoms with Crippen LogP contribution in [0.25, 0.3) is 10.8 Å². The topological polar surface area (TPSA) is 79.2 Å². The van der Waals surface area contributed by atoms with Crippen molar-refractivity contribution in [1.29, 1.82) is 0 Å². The van der Waals surface area contributed by atoms with Crippen molar-refractivity contribution < 1.29 is 37.7 Å². The van der Waals surface area contributed by atoms with E-state index >= 15 is 0 Å². The number of aliphatic hydroxyl groups is 2. The first-order chi connectivity index (χ1) is 22.8. The monoisotopic (exact) mass is 661 g/mol. The average molecular weight is 662 g/mol. The number of alkyl halides is 3. The number of halogens is 3. The van der Waals surface area contributed by atoms with Crippen LogP contribution in [0.2, 0.25) is 0 Å². The van der Waals surface area contributed by atoms with Crippen LogP contribution in [0.4, 0.5) is 18.0 Å². The average Bonchev–Trinajstić information content (AvgIpc) is 3.31. The predicted octanol–water partition coefficient (Wildman–Crippen LogP) is 8.71. The van der Waals surface area contributed by atoms with E-state index in [2.05, 4.69) is 30.7 Å². The molecule has 0 saturated heterocycles. The highest BCUT2D eigenvalue weighted by Crippen LogP contribution is 2.66. The fraction of sp³-hybridized carbons (Fsp3) is 0.462. The molecule has 7 rings (SSSR count). The summed E-state index contributed by atoms with van der Waals surface area (Å²) in [5, 5.41) is 24.9. The van der Waals surface area contributed by atoms with E-state index in [0.717, 1.165) is 42.9 Å². The van der Waals surface area contributed by atoms with Crippen molar-refractivity contribution in [3.05, 3.63) is 95.6 Å². The second-order valence-corrected chi connectivity index (χ2v) is 14.7. The molecule has 0 aliphatic heterocycles. The van der Waals surface area contributed by atoms with E-state index in [1.807, 2.05) is 30.3 Å². The molecule has 3 fully saturated rings. The fourth-order valence-electron chi connectivity index (χ4n) is 9.27. The van der Waals surface area contributed by atoms with Crippen LogP contribution in [0, 0.1) is 22.7 Å². The number of nitrogens with zero attached hydrogens (tertiary/aromatic N) is 1. The molecular formula is C39H42F3NO5. The molecule has 0 radical (unpaired) electrons. The van der Waals surface area contributed by atoms with Gasteiger partial charge < -0.3 is 24.6 Å². The van der Waals surface area contributed by atoms with Crippen molar-refractivity contribution in [2.75, 3.05) is 6.54 Å². The minimum atomic E-state index is -4.81. The van der Waals surface area contributed by atoms with Crippen LogP contribution >= 0.6 is 0 Å². The third-order valence-electron chi connectivity index (χ3n) is 12.0. The van der Waals surface area contributed by atoms with Gasteiger partial charge in [0.25, 0.3) is 0 Å². The van der Waals surface area contributed by atoms with Gasteiger partial charge in [0.05, 0.1) is 18.2 Å². The molecule has 6 nitrogen and oxygen atoms in total. The molecule has 6 unspecified atom stereocenters. The molecule has 0 bridgehead atoms. The molecule has 2 N–H and O–H groups in total. The first kappa shape index (κ1) is 32.7. The molecule has 4 aliphatic carbocycles. The predicted molar refractivity (Wildman–Crippen MR) is 176 cm³/mol. The molecule has 48 heavy (non-hydrogen) atoms. The third kappa shape index (κ3) is 5.89. The van der Waals surface area contributed by atoms with Gasteiger partial charge in [-0.05, 0) is 103 Å². The van der Waals surface area contributed by atoms with Gasteiger partial charge >= 0.3 is 12.5 Å². The second kappa shape index (κ2) is 11.9. The van der Waals surface area contributed by atoms with Crippen LogP contribution in [0.1, 0.15) is 64.4 Å². The summed E-state index contributed by atoms with van der Waals surface area (Å²) in [4.78, 5) is 15.4. The van der Waals surface area contributed by atoms with E-state index in [1.54, 1.807) is 12.1 Å². The maximum atomic E-state index is 13.9. The number of carbonyl (C=O) groups is 1. The van der Waals surface area contributed by atoms with Crippen molar-refractivity contribution in [3.63, 3.8) is 0 Å². The minimum Gasteiger partial charge on any atom is -0.410 e. The van der Waals surface area contributed by atoms with E-state index in [4.69, 9.17) is 4.74 Å². The number of benzene rings is 3. The Balaban J connectivity index is 1.16. The van der Waals surface area contributed by atoms with Gasteiger partial charge in [-0.2, -0.15) is 0 Å². The van der Waals surface area contributed by atoms with Gasteiger partial charge in [-0.15, -0.1) is 13.2 Å². The van der Waals surface area contributed by atoms with Gasteiger partial charge in [-0.3, -0.25) is 0 Å². The summed E-state index contributed by atoms with van der Waals surface area (Å²) in [6.45, 7) is 4.51. The lowest BCUT2D eigenvalue weighted by Crippen LogP contribution is -2.56. The SMILES string of the molecule is CC12CCC(O)CC1=CC=C1C2CCC2(C)C1CCC2(O)CN(Cc1ccc(OC(F)(F)F)cc1)C(=O)Oc1ccc2ccccc2c1. The molecule has 0 heterocycles. The number of rotatable bonds is 6. The Labute approximate surface area is 278 Å². The first-order valence-corrected chi connectivity index (χ1v) is 16.9. The zero-order valence-corrected chi connectivity index (χ0v) is 27.3. The van der Waals surface area contributed by atoms with E-state index in [-0.39, 0.29) is 36.3 Å². The summed E-state index contributed by atoms with van der Waals surface area (Å²) in [5.41, 5.74) is 1.54. The number of carbonyl (C=O) groups excluding carboxylic acids is 1. The lowest BCUT2D eigenvalue weighted by molar-refractivity contribution is -0.274. The molecule has 9 heteroatoms. The summed E-state index contributed by atoms with van der Waals surface area (Å²) in [7, 11) is 0. The summed E-state index contributed by atoms with van der Waals surface area (Å²) >= 11 is 0. The zero-order valence-electron chi connectivity index (χ0n) is 27.3. The summed E-state index contributed by atoms with van der Waals surface area (Å²) in [5.74, 6) is 0.510. The molecule has 6 atom stereocenters. The van der Waals surface area contributed by atoms with Crippen molar-refractivity contribution >= 4 is 16.9 Å². The van der Waals surface area contributed by atoms with Crippen LogP contribution in [0.15, 0.2) is 90.0 Å². The van der Waals surface area contributed by atoms with Crippen LogP contribution in [-0.2, 0) is 6.54 Å². The fourth-order valence-corrected chi connectivity index (χ4v) is 9.27. The van der Waals surface area contributed by atoms with E-state index in [1.165, 1.54) is 40.3 Å². The van der Waals surface area contributed by atoms with Crippen LogP contribution < -0.4 is 9.47 Å². The van der Waals surface area contributed by atoms with Crippen molar-refractivity contribution in [1.82, 2.24) is 4.90 Å². The summed E-state index contributed by atoms with van der Waals surface area (Å²) in [6, 6.07) is 18.6. The smallest absolute Gasteiger partial charge is 0.410 e. The van der Waals surface area contributed by atoms with Crippen molar-refractivity contribution in [3.8, 4) is 11.5 Å². The number of fused-ring (bicyclic) bond motifs is 6. The molecule has 0 spiro atoms. The molecule has 254 valence electrons. The maximum Gasteiger partial charge on any atom is 0.573 e. The minimum absolute atomic E-state index is 0.00301. The van der Waals surface area contributed by atoms with Crippen molar-refractivity contribution in [2.45, 2.75) is 83.4 Å². The van der Waals surface area contributed by atoms with Crippen LogP contribution in [0.5, 0.6) is 11.5 Å². The molecule has 4 aliphatic rings. The van der Waals surface area contributed by atoms with Crippen LogP contribution in [-0.4, -0.2) is 45.8 Å². The summed E-state index contributed by atoms with van der Waals surface area (Å²) in [6.07, 6.45) is 4.13. The molecule has 3 aromatic carbocycles. The van der Waals surface area contributed by atoms with E-state index in [0.29, 0.717) is 30.1 Å². The standard InChI is InChI=1S/C39H42F3NO5/c1-36-18-15-29(44)22-28(36)10-14-32-33(36)16-19-37(2)34(32)17-20-38(37,46)24-43(23-25-7-11-30(12-8-25)48-39(40,41)42)35(45)47-31-13-9-26-5-3-4-6-27(26)21-31/h3-14,21,29,33-34,44,46H,15-20,22-24H2,1-2H3. The lowest BCUT2D eigenvalue weighted by atomic mass is 9.50. The van der Waals surface area contributed by atoms with Crippen molar-refractivity contribution in [2.24, 2.45) is 22.7 Å². The number of hydrogen-bond acceptors (Lipinski definition) is 5. The second-order valence-electron chi connectivity index (χ2n) is 14.7. The van der Waals surface area contributed by atoms with E-state index in [9.17, 15) is 28.2 Å². The zero-order chi connectivity index (χ0) is 33.9. The first-order valence-electron chi connectivity index (χ1n) is 16.9. The highest BCUT2D eigenvalue weighted by atomic mass is 19.4. The van der Waals surface area contributed by atoms with Gasteiger partial charge in [-0.25, -0.2) is 4.79 Å². The Kier molecular flexibility index (Phi) is 8.14. The number of ether oxygens (including phenoxy) is 2.